The fourth-order valence-electron chi connectivity index (χ4n) is 3.83. The van der Waals surface area contributed by atoms with Gasteiger partial charge in [-0.1, -0.05) is 6.92 Å². The van der Waals surface area contributed by atoms with Crippen molar-refractivity contribution in [2.75, 3.05) is 33.2 Å². The number of hydrogen-bond acceptors (Lipinski definition) is 4. The number of sulfonamides is 1. The van der Waals surface area contributed by atoms with Crippen molar-refractivity contribution >= 4 is 15.9 Å². The van der Waals surface area contributed by atoms with E-state index in [1.807, 2.05) is 11.8 Å². The zero-order valence-electron chi connectivity index (χ0n) is 14.9. The number of carbonyl (C=O) groups excluding carboxylic acids is 1. The molecule has 7 heteroatoms. The van der Waals surface area contributed by atoms with E-state index in [9.17, 15) is 13.2 Å². The Kier molecular flexibility index (Phi) is 5.46. The van der Waals surface area contributed by atoms with Crippen molar-refractivity contribution < 1.29 is 13.2 Å². The number of nitrogens with zero attached hydrogens (tertiary/aromatic N) is 2. The third-order valence-corrected chi connectivity index (χ3v) is 6.59. The van der Waals surface area contributed by atoms with E-state index in [2.05, 4.69) is 16.7 Å². The van der Waals surface area contributed by atoms with Crippen LogP contribution in [0.3, 0.4) is 0 Å². The summed E-state index contributed by atoms with van der Waals surface area (Å²) in [6.07, 6.45) is 2.97. The van der Waals surface area contributed by atoms with Gasteiger partial charge >= 0.3 is 0 Å². The molecule has 3 fully saturated rings. The van der Waals surface area contributed by atoms with Gasteiger partial charge in [-0.2, -0.15) is 0 Å². The van der Waals surface area contributed by atoms with Crippen LogP contribution in [-0.4, -0.2) is 63.4 Å². The molecule has 0 spiro atoms. The van der Waals surface area contributed by atoms with Crippen molar-refractivity contribution in [1.82, 2.24) is 14.5 Å². The number of amides is 1. The molecule has 2 atom stereocenters. The van der Waals surface area contributed by atoms with Crippen LogP contribution in [-0.2, 0) is 10.0 Å². The molecule has 1 N–H and O–H groups in total. The minimum atomic E-state index is -3.49. The van der Waals surface area contributed by atoms with Crippen LogP contribution in [0.5, 0.6) is 0 Å². The van der Waals surface area contributed by atoms with E-state index >= 15 is 0 Å². The minimum absolute atomic E-state index is 0.00969. The standard InChI is InChI=1S/C18H27N3O3S/c1-3-10-19-25(23,24)17-8-5-15(6-9-17)18(22)21-12-14-4-7-16(21)13-20(2)11-14/h5-6,8-9,14,16,19H,3-4,7,10-13H2,1-2H3/t14-,16+/m0/s1. The minimum Gasteiger partial charge on any atom is -0.334 e. The summed E-state index contributed by atoms with van der Waals surface area (Å²) in [4.78, 5) is 17.4. The molecule has 0 radical (unpaired) electrons. The average Bonchev–Trinajstić information content (AvgIpc) is 2.88. The van der Waals surface area contributed by atoms with E-state index in [4.69, 9.17) is 0 Å². The number of hydrogen-bond donors (Lipinski definition) is 1. The summed E-state index contributed by atoms with van der Waals surface area (Å²) >= 11 is 0. The van der Waals surface area contributed by atoms with Crippen molar-refractivity contribution in [2.24, 2.45) is 5.92 Å². The zero-order chi connectivity index (χ0) is 18.0. The number of nitrogens with one attached hydrogen (secondary N) is 1. The van der Waals surface area contributed by atoms with Crippen molar-refractivity contribution in [3.05, 3.63) is 29.8 Å². The normalized spacial score (nSPS) is 24.3. The van der Waals surface area contributed by atoms with Gasteiger partial charge in [-0.3, -0.25) is 4.79 Å². The predicted molar refractivity (Wildman–Crippen MR) is 97.0 cm³/mol. The van der Waals surface area contributed by atoms with Gasteiger partial charge in [-0.25, -0.2) is 13.1 Å². The second-order valence-electron chi connectivity index (χ2n) is 7.20. The van der Waals surface area contributed by atoms with Crippen LogP contribution in [0.1, 0.15) is 36.5 Å². The lowest BCUT2D eigenvalue weighted by molar-refractivity contribution is 0.0587. The maximum Gasteiger partial charge on any atom is 0.254 e. The lowest BCUT2D eigenvalue weighted by Gasteiger charge is -2.36. The Labute approximate surface area is 150 Å². The molecular formula is C18H27N3O3S. The Bertz CT molecular complexity index is 718. The summed E-state index contributed by atoms with van der Waals surface area (Å²) < 4.78 is 26.8. The highest BCUT2D eigenvalue weighted by atomic mass is 32.2. The first kappa shape index (κ1) is 18.4. The summed E-state index contributed by atoms with van der Waals surface area (Å²) in [5.41, 5.74) is 0.560. The number of benzene rings is 1. The molecule has 6 nitrogen and oxygen atoms in total. The van der Waals surface area contributed by atoms with E-state index in [0.29, 0.717) is 18.0 Å². The quantitative estimate of drug-likeness (QED) is 0.859. The van der Waals surface area contributed by atoms with E-state index < -0.39 is 10.0 Å². The molecule has 138 valence electrons. The molecule has 3 saturated heterocycles. The lowest BCUT2D eigenvalue weighted by atomic mass is 9.94. The van der Waals surface area contributed by atoms with E-state index in [0.717, 1.165) is 32.5 Å². The molecule has 0 aromatic heterocycles. The highest BCUT2D eigenvalue weighted by Crippen LogP contribution is 2.28. The summed E-state index contributed by atoms with van der Waals surface area (Å²) in [6, 6.07) is 6.56. The molecular weight excluding hydrogens is 338 g/mol. The topological polar surface area (TPSA) is 69.7 Å². The predicted octanol–water partition coefficient (Wildman–Crippen LogP) is 1.54. The SMILES string of the molecule is CCCNS(=O)(=O)c1ccc(C(=O)N2C[C@H]3CC[C@@H]2CN(C)C3)cc1. The Morgan fingerprint density at radius 1 is 1.16 bits per heavy atom. The Hall–Kier alpha value is -1.44. The van der Waals surface area contributed by atoms with Gasteiger partial charge in [0.2, 0.25) is 10.0 Å². The average molecular weight is 365 g/mol. The van der Waals surface area contributed by atoms with Crippen LogP contribution in [0.4, 0.5) is 0 Å². The first-order valence-electron chi connectivity index (χ1n) is 9.00. The van der Waals surface area contributed by atoms with Crippen molar-refractivity contribution in [3.63, 3.8) is 0 Å². The van der Waals surface area contributed by atoms with Gasteiger partial charge < -0.3 is 9.80 Å². The molecule has 1 amide bonds. The summed E-state index contributed by atoms with van der Waals surface area (Å²) in [6.45, 7) is 5.08. The molecule has 0 aliphatic carbocycles. The van der Waals surface area contributed by atoms with Crippen molar-refractivity contribution in [1.29, 1.82) is 0 Å². The fraction of sp³-hybridized carbons (Fsp3) is 0.611. The van der Waals surface area contributed by atoms with Crippen LogP contribution < -0.4 is 4.72 Å². The van der Waals surface area contributed by atoms with Gasteiger partial charge in [-0.15, -0.1) is 0 Å². The second-order valence-corrected chi connectivity index (χ2v) is 8.97. The molecule has 3 heterocycles. The Morgan fingerprint density at radius 2 is 1.88 bits per heavy atom. The highest BCUT2D eigenvalue weighted by Gasteiger charge is 2.36. The summed E-state index contributed by atoms with van der Waals surface area (Å²) in [7, 11) is -1.38. The Balaban J connectivity index is 1.75. The van der Waals surface area contributed by atoms with Crippen LogP contribution in [0.2, 0.25) is 0 Å². The molecule has 3 aliphatic heterocycles. The van der Waals surface area contributed by atoms with Crippen LogP contribution >= 0.6 is 0 Å². The number of rotatable bonds is 5. The van der Waals surface area contributed by atoms with Gasteiger partial charge in [0.15, 0.2) is 0 Å². The van der Waals surface area contributed by atoms with Crippen LogP contribution in [0, 0.1) is 5.92 Å². The van der Waals surface area contributed by atoms with Gasteiger partial charge in [0.05, 0.1) is 4.90 Å². The third-order valence-electron chi connectivity index (χ3n) is 5.11. The van der Waals surface area contributed by atoms with Crippen LogP contribution in [0.15, 0.2) is 29.2 Å². The number of fused-ring (bicyclic) bond motifs is 4. The summed E-state index contributed by atoms with van der Waals surface area (Å²) in [5, 5.41) is 0. The van der Waals surface area contributed by atoms with Gasteiger partial charge in [0, 0.05) is 37.8 Å². The molecule has 25 heavy (non-hydrogen) atoms. The Morgan fingerprint density at radius 3 is 2.56 bits per heavy atom. The molecule has 0 unspecified atom stereocenters. The third kappa shape index (κ3) is 4.04. The number of carbonyl (C=O) groups is 1. The zero-order valence-corrected chi connectivity index (χ0v) is 15.8. The molecule has 1 aromatic carbocycles. The highest BCUT2D eigenvalue weighted by molar-refractivity contribution is 7.89. The van der Waals surface area contributed by atoms with Gasteiger partial charge in [-0.05, 0) is 56.5 Å². The first-order chi connectivity index (χ1) is 11.9. The van der Waals surface area contributed by atoms with Gasteiger partial charge in [0.1, 0.15) is 0 Å². The summed E-state index contributed by atoms with van der Waals surface area (Å²) in [5.74, 6) is 0.543. The largest absolute Gasteiger partial charge is 0.334 e. The number of piperidine rings is 1. The van der Waals surface area contributed by atoms with Crippen molar-refractivity contribution in [3.8, 4) is 0 Å². The van der Waals surface area contributed by atoms with E-state index in [1.54, 1.807) is 12.1 Å². The fourth-order valence-corrected chi connectivity index (χ4v) is 4.96. The maximum atomic E-state index is 12.9. The van der Waals surface area contributed by atoms with Crippen molar-refractivity contribution in [2.45, 2.75) is 37.1 Å². The molecule has 3 aliphatic rings. The van der Waals surface area contributed by atoms with E-state index in [-0.39, 0.29) is 16.8 Å². The monoisotopic (exact) mass is 365 g/mol. The molecule has 4 rings (SSSR count). The second kappa shape index (κ2) is 7.43. The van der Waals surface area contributed by atoms with Gasteiger partial charge in [0.25, 0.3) is 5.91 Å². The maximum absolute atomic E-state index is 12.9. The smallest absolute Gasteiger partial charge is 0.254 e. The van der Waals surface area contributed by atoms with Crippen LogP contribution in [0.25, 0.3) is 0 Å². The molecule has 1 aromatic rings. The molecule has 0 saturated carbocycles. The lowest BCUT2D eigenvalue weighted by Crippen LogP contribution is -2.47. The molecule has 2 bridgehead atoms. The van der Waals surface area contributed by atoms with E-state index in [1.165, 1.54) is 18.6 Å². The number of likely N-dealkylation sites (N-methyl/N-ethyl adjacent to an activating group) is 1. The first-order valence-corrected chi connectivity index (χ1v) is 10.5.